The Labute approximate surface area is 88.1 Å². The van der Waals surface area contributed by atoms with E-state index < -0.39 is 12.1 Å². The number of ether oxygens (including phenoxy) is 2. The average Bonchev–Trinajstić information content (AvgIpc) is 2.73. The lowest BCUT2D eigenvalue weighted by Crippen LogP contribution is -2.38. The Hall–Kier alpha value is -1.14. The van der Waals surface area contributed by atoms with Crippen LogP contribution in [-0.2, 0) is 19.1 Å². The van der Waals surface area contributed by atoms with Crippen LogP contribution in [0.15, 0.2) is 0 Å². The maximum Gasteiger partial charge on any atom is 0.325 e. The van der Waals surface area contributed by atoms with Crippen LogP contribution in [0.2, 0.25) is 0 Å². The lowest BCUT2D eigenvalue weighted by Gasteiger charge is -2.11. The summed E-state index contributed by atoms with van der Waals surface area (Å²) in [7, 11) is 1.27. The maximum atomic E-state index is 11.4. The van der Waals surface area contributed by atoms with Crippen LogP contribution in [0.1, 0.15) is 12.8 Å². The number of nitrogens with one attached hydrogen (secondary N) is 1. The molecule has 0 aromatic carbocycles. The van der Waals surface area contributed by atoms with E-state index in [-0.39, 0.29) is 18.6 Å². The Morgan fingerprint density at radius 3 is 2.80 bits per heavy atom. The van der Waals surface area contributed by atoms with Gasteiger partial charge in [-0.3, -0.25) is 9.59 Å². The monoisotopic (exact) mass is 216 g/mol. The summed E-state index contributed by atoms with van der Waals surface area (Å²) in [4.78, 5) is 22.2. The highest BCUT2D eigenvalue weighted by Gasteiger charge is 2.29. The zero-order valence-electron chi connectivity index (χ0n) is 8.69. The summed E-state index contributed by atoms with van der Waals surface area (Å²) < 4.78 is 9.74. The van der Waals surface area contributed by atoms with E-state index in [2.05, 4.69) is 10.1 Å². The van der Waals surface area contributed by atoms with Crippen LogP contribution in [0.4, 0.5) is 0 Å². The van der Waals surface area contributed by atoms with Crippen LogP contribution in [0.5, 0.6) is 0 Å². The number of hydrogen-bond acceptors (Lipinski definition) is 5. The van der Waals surface area contributed by atoms with Crippen LogP contribution in [0, 0.1) is 0 Å². The van der Waals surface area contributed by atoms with Crippen molar-refractivity contribution in [3.8, 4) is 0 Å². The van der Waals surface area contributed by atoms with Gasteiger partial charge in [0.2, 0.25) is 5.91 Å². The Morgan fingerprint density at radius 1 is 1.53 bits per heavy atom. The van der Waals surface area contributed by atoms with E-state index in [1.54, 1.807) is 0 Å². The Balaban J connectivity index is 2.26. The molecular formula is C9H16N2O4. The van der Waals surface area contributed by atoms with Crippen molar-refractivity contribution in [1.29, 1.82) is 0 Å². The summed E-state index contributed by atoms with van der Waals surface area (Å²) in [5, 5.41) is 2.44. The summed E-state index contributed by atoms with van der Waals surface area (Å²) in [5.74, 6) is -0.756. The Kier molecular flexibility index (Phi) is 4.51. The molecular weight excluding hydrogens is 200 g/mol. The highest BCUT2D eigenvalue weighted by molar-refractivity contribution is 5.85. The SMILES string of the molecule is COC(=O)CNC(=O)C1CCC(CN)O1. The predicted octanol–water partition coefficient (Wildman–Crippen LogP) is -1.22. The molecule has 2 atom stereocenters. The van der Waals surface area contributed by atoms with Crippen molar-refractivity contribution in [2.24, 2.45) is 5.73 Å². The van der Waals surface area contributed by atoms with Crippen LogP contribution >= 0.6 is 0 Å². The molecule has 1 saturated heterocycles. The van der Waals surface area contributed by atoms with Crippen LogP contribution in [0.25, 0.3) is 0 Å². The minimum absolute atomic E-state index is 0.0427. The first-order valence-corrected chi connectivity index (χ1v) is 4.87. The van der Waals surface area contributed by atoms with Gasteiger partial charge in [-0.1, -0.05) is 0 Å². The molecule has 0 aromatic rings. The maximum absolute atomic E-state index is 11.4. The minimum Gasteiger partial charge on any atom is -0.468 e. The van der Waals surface area contributed by atoms with Crippen LogP contribution in [0.3, 0.4) is 0 Å². The van der Waals surface area contributed by atoms with Gasteiger partial charge >= 0.3 is 5.97 Å². The van der Waals surface area contributed by atoms with Crippen molar-refractivity contribution in [2.75, 3.05) is 20.2 Å². The van der Waals surface area contributed by atoms with E-state index in [1.807, 2.05) is 0 Å². The number of nitrogens with two attached hydrogens (primary N) is 1. The van der Waals surface area contributed by atoms with Crippen LogP contribution < -0.4 is 11.1 Å². The van der Waals surface area contributed by atoms with Crippen molar-refractivity contribution in [2.45, 2.75) is 25.0 Å². The standard InChI is InChI=1S/C9H16N2O4/c1-14-8(12)5-11-9(13)7-3-2-6(4-10)15-7/h6-7H,2-5,10H2,1H3,(H,11,13). The van der Waals surface area contributed by atoms with Gasteiger partial charge < -0.3 is 20.5 Å². The fourth-order valence-corrected chi connectivity index (χ4v) is 1.42. The van der Waals surface area contributed by atoms with E-state index in [0.29, 0.717) is 13.0 Å². The molecule has 1 heterocycles. The molecule has 6 heteroatoms. The van der Waals surface area contributed by atoms with E-state index in [9.17, 15) is 9.59 Å². The third-order valence-electron chi connectivity index (χ3n) is 2.30. The quantitative estimate of drug-likeness (QED) is 0.575. The second-order valence-corrected chi connectivity index (χ2v) is 3.35. The third-order valence-corrected chi connectivity index (χ3v) is 2.30. The third kappa shape index (κ3) is 3.49. The predicted molar refractivity (Wildman–Crippen MR) is 52.0 cm³/mol. The first kappa shape index (κ1) is 11.9. The van der Waals surface area contributed by atoms with E-state index in [0.717, 1.165) is 6.42 Å². The highest BCUT2D eigenvalue weighted by atomic mass is 16.5. The van der Waals surface area contributed by atoms with E-state index in [4.69, 9.17) is 10.5 Å². The summed E-state index contributed by atoms with van der Waals surface area (Å²) in [6, 6.07) is 0. The molecule has 6 nitrogen and oxygen atoms in total. The van der Waals surface area contributed by atoms with Gasteiger partial charge in [0.15, 0.2) is 0 Å². The number of methoxy groups -OCH3 is 1. The zero-order chi connectivity index (χ0) is 11.3. The Morgan fingerprint density at radius 2 is 2.27 bits per heavy atom. The van der Waals surface area contributed by atoms with E-state index in [1.165, 1.54) is 7.11 Å². The molecule has 0 saturated carbocycles. The summed E-state index contributed by atoms with van der Waals surface area (Å²) in [6.45, 7) is 0.295. The average molecular weight is 216 g/mol. The molecule has 86 valence electrons. The van der Waals surface area contributed by atoms with E-state index >= 15 is 0 Å². The van der Waals surface area contributed by atoms with Gasteiger partial charge in [0.1, 0.15) is 12.6 Å². The van der Waals surface area contributed by atoms with Gasteiger partial charge in [0.25, 0.3) is 0 Å². The largest absolute Gasteiger partial charge is 0.468 e. The van der Waals surface area contributed by atoms with Crippen molar-refractivity contribution < 1.29 is 19.1 Å². The molecule has 1 aliphatic rings. The number of hydrogen-bond donors (Lipinski definition) is 2. The first-order valence-electron chi connectivity index (χ1n) is 4.87. The second kappa shape index (κ2) is 5.67. The number of carbonyl (C=O) groups excluding carboxylic acids is 2. The number of carbonyl (C=O) groups is 2. The Bertz CT molecular complexity index is 244. The molecule has 15 heavy (non-hydrogen) atoms. The molecule has 0 spiro atoms. The summed E-state index contributed by atoms with van der Waals surface area (Å²) in [5.41, 5.74) is 5.41. The molecule has 1 rings (SSSR count). The lowest BCUT2D eigenvalue weighted by atomic mass is 10.2. The molecule has 0 aromatic heterocycles. The first-order chi connectivity index (χ1) is 7.17. The molecule has 1 amide bonds. The topological polar surface area (TPSA) is 90.7 Å². The van der Waals surface area contributed by atoms with Gasteiger partial charge in [0.05, 0.1) is 13.2 Å². The zero-order valence-corrected chi connectivity index (χ0v) is 8.69. The van der Waals surface area contributed by atoms with Crippen molar-refractivity contribution in [3.05, 3.63) is 0 Å². The molecule has 0 radical (unpaired) electrons. The smallest absolute Gasteiger partial charge is 0.325 e. The van der Waals surface area contributed by atoms with Gasteiger partial charge in [-0.15, -0.1) is 0 Å². The lowest BCUT2D eigenvalue weighted by molar-refractivity contribution is -0.142. The summed E-state index contributed by atoms with van der Waals surface area (Å²) in [6.07, 6.45) is 0.906. The molecule has 3 N–H and O–H groups in total. The number of esters is 1. The normalized spacial score (nSPS) is 24.9. The number of rotatable bonds is 4. The second-order valence-electron chi connectivity index (χ2n) is 3.35. The molecule has 0 aliphatic carbocycles. The number of amides is 1. The highest BCUT2D eigenvalue weighted by Crippen LogP contribution is 2.18. The molecule has 1 fully saturated rings. The molecule has 0 bridgehead atoms. The van der Waals surface area contributed by atoms with Crippen molar-refractivity contribution >= 4 is 11.9 Å². The fourth-order valence-electron chi connectivity index (χ4n) is 1.42. The van der Waals surface area contributed by atoms with Crippen LogP contribution in [-0.4, -0.2) is 44.3 Å². The summed E-state index contributed by atoms with van der Waals surface area (Å²) >= 11 is 0. The molecule has 2 unspecified atom stereocenters. The van der Waals surface area contributed by atoms with Gasteiger partial charge in [-0.25, -0.2) is 0 Å². The fraction of sp³-hybridized carbons (Fsp3) is 0.778. The van der Waals surface area contributed by atoms with Gasteiger partial charge in [0, 0.05) is 6.54 Å². The van der Waals surface area contributed by atoms with Crippen molar-refractivity contribution in [1.82, 2.24) is 5.32 Å². The molecule has 1 aliphatic heterocycles. The van der Waals surface area contributed by atoms with Gasteiger partial charge in [-0.05, 0) is 12.8 Å². The minimum atomic E-state index is -0.483. The van der Waals surface area contributed by atoms with Crippen molar-refractivity contribution in [3.63, 3.8) is 0 Å². The van der Waals surface area contributed by atoms with Gasteiger partial charge in [-0.2, -0.15) is 0 Å².